The lowest BCUT2D eigenvalue weighted by molar-refractivity contribution is 0.542. The number of hydrogen-bond donors (Lipinski definition) is 2. The Morgan fingerprint density at radius 3 is 2.75 bits per heavy atom. The van der Waals surface area contributed by atoms with E-state index in [1.165, 1.54) is 11.3 Å². The molecule has 1 atom stereocenters. The summed E-state index contributed by atoms with van der Waals surface area (Å²) in [5, 5.41) is 1.76. The van der Waals surface area contributed by atoms with E-state index in [0.29, 0.717) is 16.9 Å². The van der Waals surface area contributed by atoms with Crippen LogP contribution in [0.2, 0.25) is 0 Å². The fourth-order valence-corrected chi connectivity index (χ4v) is 7.00. The average Bonchev–Trinajstić information content (AvgIpc) is 2.90. The van der Waals surface area contributed by atoms with Crippen molar-refractivity contribution in [1.82, 2.24) is 4.72 Å². The van der Waals surface area contributed by atoms with Gasteiger partial charge in [-0.15, -0.1) is 11.3 Å². The van der Waals surface area contributed by atoms with Gasteiger partial charge in [0.2, 0.25) is 10.0 Å². The molecule has 2 rings (SSSR count). The van der Waals surface area contributed by atoms with Gasteiger partial charge < -0.3 is 5.73 Å². The third kappa shape index (κ3) is 3.40. The Morgan fingerprint density at radius 2 is 2.20 bits per heavy atom. The summed E-state index contributed by atoms with van der Waals surface area (Å²) in [4.78, 5) is 0.861. The molecule has 114 valence electrons. The number of thiophene rings is 1. The number of nitrogens with one attached hydrogen (secondary N) is 1. The Kier molecular flexibility index (Phi) is 4.55. The summed E-state index contributed by atoms with van der Waals surface area (Å²) in [7, 11) is -6.62. The molecule has 1 saturated heterocycles. The number of hydrogen-bond acceptors (Lipinski definition) is 6. The van der Waals surface area contributed by atoms with Gasteiger partial charge in [0, 0.05) is 18.0 Å². The summed E-state index contributed by atoms with van der Waals surface area (Å²) in [6.45, 7) is 2.05. The van der Waals surface area contributed by atoms with Gasteiger partial charge in [-0.05, 0) is 30.2 Å². The maximum Gasteiger partial charge on any atom is 0.241 e. The van der Waals surface area contributed by atoms with E-state index < -0.39 is 19.9 Å². The van der Waals surface area contributed by atoms with Crippen molar-refractivity contribution in [2.45, 2.75) is 24.8 Å². The van der Waals surface area contributed by atoms with Gasteiger partial charge in [-0.3, -0.25) is 0 Å². The minimum Gasteiger partial charge on any atom is -0.326 e. The molecule has 1 fully saturated rings. The normalized spacial score (nSPS) is 22.2. The second-order valence-electron chi connectivity index (χ2n) is 5.00. The predicted molar refractivity (Wildman–Crippen MR) is 78.9 cm³/mol. The monoisotopic (exact) mass is 338 g/mol. The number of rotatable bonds is 5. The lowest BCUT2D eigenvalue weighted by atomic mass is 10.1. The molecule has 1 aromatic heterocycles. The molecular formula is C11H18N2O4S3. The van der Waals surface area contributed by atoms with Gasteiger partial charge in [0.15, 0.2) is 9.84 Å². The second-order valence-corrected chi connectivity index (χ2v) is 9.89. The first-order valence-electron chi connectivity index (χ1n) is 6.22. The molecule has 3 N–H and O–H groups in total. The van der Waals surface area contributed by atoms with E-state index in [2.05, 4.69) is 4.72 Å². The zero-order valence-electron chi connectivity index (χ0n) is 11.1. The van der Waals surface area contributed by atoms with E-state index in [4.69, 9.17) is 5.73 Å². The second kappa shape index (κ2) is 5.72. The van der Waals surface area contributed by atoms with Gasteiger partial charge in [0.1, 0.15) is 4.90 Å². The molecule has 6 nitrogen and oxygen atoms in total. The highest BCUT2D eigenvalue weighted by Gasteiger charge is 2.30. The molecule has 0 aromatic carbocycles. The summed E-state index contributed by atoms with van der Waals surface area (Å²) < 4.78 is 49.8. The predicted octanol–water partition coefficient (Wildman–Crippen LogP) is 0.228. The molecule has 2 heterocycles. The van der Waals surface area contributed by atoms with Crippen molar-refractivity contribution in [2.75, 3.05) is 18.1 Å². The Balaban J connectivity index is 2.10. The molecule has 0 spiro atoms. The van der Waals surface area contributed by atoms with E-state index in [1.54, 1.807) is 12.3 Å². The zero-order valence-corrected chi connectivity index (χ0v) is 13.6. The molecule has 0 radical (unpaired) electrons. The SMILES string of the molecule is Cc1csc(CN)c1S(=O)(=O)NCC1CCS(=O)(=O)C1. The van der Waals surface area contributed by atoms with Gasteiger partial charge in [0.05, 0.1) is 11.5 Å². The molecule has 1 unspecified atom stereocenters. The van der Waals surface area contributed by atoms with Crippen LogP contribution in [0.4, 0.5) is 0 Å². The van der Waals surface area contributed by atoms with E-state index in [-0.39, 0.29) is 35.4 Å². The van der Waals surface area contributed by atoms with Gasteiger partial charge in [0.25, 0.3) is 0 Å². The molecule has 1 aliphatic rings. The first-order valence-corrected chi connectivity index (χ1v) is 10.4. The summed E-state index contributed by atoms with van der Waals surface area (Å²) >= 11 is 1.32. The first kappa shape index (κ1) is 15.9. The highest BCUT2D eigenvalue weighted by molar-refractivity contribution is 7.91. The third-order valence-electron chi connectivity index (χ3n) is 3.33. The number of nitrogens with two attached hydrogens (primary N) is 1. The Hall–Kier alpha value is -0.480. The summed E-state index contributed by atoms with van der Waals surface area (Å²) in [6, 6.07) is 0. The quantitative estimate of drug-likeness (QED) is 0.799. The summed E-state index contributed by atoms with van der Waals surface area (Å²) in [5.74, 6) is 0.0577. The van der Waals surface area contributed by atoms with Crippen LogP contribution in [0.1, 0.15) is 16.9 Å². The Bertz CT molecular complexity index is 691. The van der Waals surface area contributed by atoms with Crippen LogP contribution < -0.4 is 10.5 Å². The van der Waals surface area contributed by atoms with Crippen LogP contribution in [0, 0.1) is 12.8 Å². The van der Waals surface area contributed by atoms with Crippen molar-refractivity contribution >= 4 is 31.2 Å². The van der Waals surface area contributed by atoms with E-state index in [1.807, 2.05) is 0 Å². The van der Waals surface area contributed by atoms with Gasteiger partial charge >= 0.3 is 0 Å². The smallest absolute Gasteiger partial charge is 0.241 e. The van der Waals surface area contributed by atoms with Crippen LogP contribution >= 0.6 is 11.3 Å². The number of aryl methyl sites for hydroxylation is 1. The molecule has 9 heteroatoms. The van der Waals surface area contributed by atoms with Crippen LogP contribution in [0.25, 0.3) is 0 Å². The highest BCUT2D eigenvalue weighted by Crippen LogP contribution is 2.26. The van der Waals surface area contributed by atoms with Crippen LogP contribution in [0.5, 0.6) is 0 Å². The molecule has 1 aromatic rings. The maximum absolute atomic E-state index is 12.3. The van der Waals surface area contributed by atoms with Crippen LogP contribution in [0.3, 0.4) is 0 Å². The lowest BCUT2D eigenvalue weighted by Crippen LogP contribution is -2.30. The van der Waals surface area contributed by atoms with Gasteiger partial charge in [-0.25, -0.2) is 21.6 Å². The fraction of sp³-hybridized carbons (Fsp3) is 0.636. The maximum atomic E-state index is 12.3. The van der Waals surface area contributed by atoms with Crippen molar-refractivity contribution in [3.63, 3.8) is 0 Å². The van der Waals surface area contributed by atoms with Crippen LogP contribution in [-0.4, -0.2) is 34.9 Å². The molecule has 0 amide bonds. The third-order valence-corrected chi connectivity index (χ3v) is 8.08. The van der Waals surface area contributed by atoms with E-state index in [0.717, 1.165) is 0 Å². The first-order chi connectivity index (χ1) is 9.25. The van der Waals surface area contributed by atoms with Crippen molar-refractivity contribution in [1.29, 1.82) is 0 Å². The van der Waals surface area contributed by atoms with Crippen molar-refractivity contribution in [2.24, 2.45) is 11.7 Å². The number of sulfonamides is 1. The summed E-state index contributed by atoms with van der Waals surface area (Å²) in [5.41, 5.74) is 6.22. The van der Waals surface area contributed by atoms with E-state index >= 15 is 0 Å². The fourth-order valence-electron chi connectivity index (χ4n) is 2.32. The van der Waals surface area contributed by atoms with E-state index in [9.17, 15) is 16.8 Å². The Morgan fingerprint density at radius 1 is 1.50 bits per heavy atom. The van der Waals surface area contributed by atoms with Crippen molar-refractivity contribution in [3.8, 4) is 0 Å². The van der Waals surface area contributed by atoms with Gasteiger partial charge in [-0.1, -0.05) is 0 Å². The molecule has 0 saturated carbocycles. The topological polar surface area (TPSA) is 106 Å². The average molecular weight is 338 g/mol. The summed E-state index contributed by atoms with van der Waals surface area (Å²) in [6.07, 6.45) is 0.511. The molecule has 0 aliphatic carbocycles. The largest absolute Gasteiger partial charge is 0.326 e. The molecule has 1 aliphatic heterocycles. The minimum absolute atomic E-state index is 0.0574. The van der Waals surface area contributed by atoms with Crippen LogP contribution in [0.15, 0.2) is 10.3 Å². The van der Waals surface area contributed by atoms with Gasteiger partial charge in [-0.2, -0.15) is 0 Å². The minimum atomic E-state index is -3.63. The number of sulfone groups is 1. The standard InChI is InChI=1S/C11H18N2O4S3/c1-8-6-18-10(4-12)11(8)20(16,17)13-5-9-2-3-19(14,15)7-9/h6,9,13H,2-5,7,12H2,1H3. The molecular weight excluding hydrogens is 320 g/mol. The lowest BCUT2D eigenvalue weighted by Gasteiger charge is -2.11. The Labute approximate surface area is 123 Å². The zero-order chi connectivity index (χ0) is 15.0. The molecule has 0 bridgehead atoms. The van der Waals surface area contributed by atoms with Crippen LogP contribution in [-0.2, 0) is 26.4 Å². The molecule has 20 heavy (non-hydrogen) atoms. The van der Waals surface area contributed by atoms with Crippen molar-refractivity contribution in [3.05, 3.63) is 15.8 Å². The highest BCUT2D eigenvalue weighted by atomic mass is 32.2. The van der Waals surface area contributed by atoms with Crippen molar-refractivity contribution < 1.29 is 16.8 Å².